The van der Waals surface area contributed by atoms with Crippen LogP contribution in [0.15, 0.2) is 59.5 Å². The minimum atomic E-state index is -3.47. The summed E-state index contributed by atoms with van der Waals surface area (Å²) in [7, 11) is -3.47. The lowest BCUT2D eigenvalue weighted by molar-refractivity contribution is -0.115. The highest BCUT2D eigenvalue weighted by atomic mass is 32.2. The average molecular weight is 416 g/mol. The number of carbonyl (C=O) groups excluding carboxylic acids is 1. The van der Waals surface area contributed by atoms with Gasteiger partial charge in [0.1, 0.15) is 0 Å². The van der Waals surface area contributed by atoms with Gasteiger partial charge in [-0.15, -0.1) is 0 Å². The van der Waals surface area contributed by atoms with Gasteiger partial charge in [0.15, 0.2) is 0 Å². The van der Waals surface area contributed by atoms with Crippen molar-refractivity contribution >= 4 is 21.6 Å². The molecule has 0 aromatic heterocycles. The fourth-order valence-electron chi connectivity index (χ4n) is 3.45. The molecule has 1 fully saturated rings. The van der Waals surface area contributed by atoms with Crippen LogP contribution in [0.25, 0.3) is 0 Å². The van der Waals surface area contributed by atoms with Crippen LogP contribution in [-0.2, 0) is 14.8 Å². The molecule has 0 radical (unpaired) electrons. The molecule has 1 aliphatic heterocycles. The van der Waals surface area contributed by atoms with E-state index in [0.717, 1.165) is 31.2 Å². The molecule has 1 aliphatic rings. The predicted molar refractivity (Wildman–Crippen MR) is 115 cm³/mol. The SMILES string of the molecule is C[C@H](NCC(=O)Nc1ccc(S(=O)(=O)N2CCCCCC2)cc1)c1ccccc1. The van der Waals surface area contributed by atoms with Crippen LogP contribution in [0, 0.1) is 0 Å². The summed E-state index contributed by atoms with van der Waals surface area (Å²) in [5.74, 6) is -0.170. The van der Waals surface area contributed by atoms with E-state index >= 15 is 0 Å². The van der Waals surface area contributed by atoms with Crippen LogP contribution in [0.3, 0.4) is 0 Å². The number of amides is 1. The van der Waals surface area contributed by atoms with Gasteiger partial charge in [-0.2, -0.15) is 4.31 Å². The smallest absolute Gasteiger partial charge is 0.243 e. The van der Waals surface area contributed by atoms with Crippen molar-refractivity contribution in [2.45, 2.75) is 43.5 Å². The molecular weight excluding hydrogens is 386 g/mol. The molecule has 1 saturated heterocycles. The summed E-state index contributed by atoms with van der Waals surface area (Å²) < 4.78 is 27.2. The fourth-order valence-corrected chi connectivity index (χ4v) is 4.97. The van der Waals surface area contributed by atoms with Gasteiger partial charge in [-0.3, -0.25) is 4.79 Å². The first-order chi connectivity index (χ1) is 14.0. The van der Waals surface area contributed by atoms with E-state index in [1.54, 1.807) is 28.6 Å². The van der Waals surface area contributed by atoms with Crippen molar-refractivity contribution in [2.75, 3.05) is 25.0 Å². The van der Waals surface area contributed by atoms with Crippen LogP contribution in [0.2, 0.25) is 0 Å². The topological polar surface area (TPSA) is 78.5 Å². The highest BCUT2D eigenvalue weighted by Gasteiger charge is 2.24. The normalized spacial score (nSPS) is 16.7. The Bertz CT molecular complexity index is 891. The molecule has 6 nitrogen and oxygen atoms in total. The van der Waals surface area contributed by atoms with Gasteiger partial charge in [-0.25, -0.2) is 8.42 Å². The molecule has 0 saturated carbocycles. The average Bonchev–Trinajstić information content (AvgIpc) is 3.03. The lowest BCUT2D eigenvalue weighted by Gasteiger charge is -2.20. The lowest BCUT2D eigenvalue weighted by atomic mass is 10.1. The van der Waals surface area contributed by atoms with Crippen molar-refractivity contribution in [1.29, 1.82) is 0 Å². The second kappa shape index (κ2) is 10.0. The van der Waals surface area contributed by atoms with Gasteiger partial charge in [0.05, 0.1) is 11.4 Å². The number of benzene rings is 2. The van der Waals surface area contributed by atoms with E-state index in [4.69, 9.17) is 0 Å². The Labute approximate surface area is 173 Å². The summed E-state index contributed by atoms with van der Waals surface area (Å²) in [6.45, 7) is 3.33. The van der Waals surface area contributed by atoms with Gasteiger partial charge in [0, 0.05) is 24.8 Å². The molecule has 29 heavy (non-hydrogen) atoms. The van der Waals surface area contributed by atoms with Crippen molar-refractivity contribution in [3.05, 3.63) is 60.2 Å². The summed E-state index contributed by atoms with van der Waals surface area (Å²) >= 11 is 0. The Balaban J connectivity index is 1.55. The molecule has 0 aliphatic carbocycles. The molecule has 2 aromatic carbocycles. The summed E-state index contributed by atoms with van der Waals surface area (Å²) in [5.41, 5.74) is 1.70. The number of anilines is 1. The maximum Gasteiger partial charge on any atom is 0.243 e. The van der Waals surface area contributed by atoms with E-state index < -0.39 is 10.0 Å². The number of carbonyl (C=O) groups is 1. The molecular formula is C22H29N3O3S. The Morgan fingerprint density at radius 1 is 0.966 bits per heavy atom. The van der Waals surface area contributed by atoms with E-state index in [9.17, 15) is 13.2 Å². The van der Waals surface area contributed by atoms with Crippen molar-refractivity contribution < 1.29 is 13.2 Å². The number of nitrogens with one attached hydrogen (secondary N) is 2. The minimum absolute atomic E-state index is 0.0584. The largest absolute Gasteiger partial charge is 0.325 e. The van der Waals surface area contributed by atoms with Crippen molar-refractivity contribution in [3.8, 4) is 0 Å². The van der Waals surface area contributed by atoms with Gasteiger partial charge in [0.25, 0.3) is 0 Å². The molecule has 2 N–H and O–H groups in total. The van der Waals surface area contributed by atoms with Crippen LogP contribution < -0.4 is 10.6 Å². The predicted octanol–water partition coefficient (Wildman–Crippen LogP) is 3.54. The zero-order chi connectivity index (χ0) is 20.7. The summed E-state index contributed by atoms with van der Waals surface area (Å²) in [6.07, 6.45) is 3.96. The molecule has 7 heteroatoms. The van der Waals surface area contributed by atoms with E-state index in [1.165, 1.54) is 0 Å². The molecule has 1 heterocycles. The van der Waals surface area contributed by atoms with Gasteiger partial charge in [-0.05, 0) is 49.6 Å². The van der Waals surface area contributed by atoms with Gasteiger partial charge in [-0.1, -0.05) is 43.2 Å². The number of rotatable bonds is 7. The fraction of sp³-hybridized carbons (Fsp3) is 0.409. The second-order valence-corrected chi connectivity index (χ2v) is 9.34. The van der Waals surface area contributed by atoms with E-state index in [1.807, 2.05) is 37.3 Å². The third-order valence-electron chi connectivity index (χ3n) is 5.21. The third-order valence-corrected chi connectivity index (χ3v) is 7.12. The summed E-state index contributed by atoms with van der Waals surface area (Å²) in [5, 5.41) is 6.00. The number of hydrogen-bond acceptors (Lipinski definition) is 4. The quantitative estimate of drug-likeness (QED) is 0.725. The molecule has 2 aromatic rings. The molecule has 156 valence electrons. The monoisotopic (exact) mass is 415 g/mol. The highest BCUT2D eigenvalue weighted by molar-refractivity contribution is 7.89. The number of sulfonamides is 1. The Morgan fingerprint density at radius 3 is 2.21 bits per heavy atom. The molecule has 1 amide bonds. The van der Waals surface area contributed by atoms with E-state index in [0.29, 0.717) is 18.8 Å². The van der Waals surface area contributed by atoms with Crippen molar-refractivity contribution in [1.82, 2.24) is 9.62 Å². The minimum Gasteiger partial charge on any atom is -0.325 e. The standard InChI is InChI=1S/C22H29N3O3S/c1-18(19-9-5-4-6-10-19)23-17-22(26)24-20-11-13-21(14-12-20)29(27,28)25-15-7-2-3-8-16-25/h4-6,9-14,18,23H,2-3,7-8,15-17H2,1H3,(H,24,26)/t18-/m0/s1. The van der Waals surface area contributed by atoms with Crippen LogP contribution in [-0.4, -0.2) is 38.3 Å². The molecule has 3 rings (SSSR count). The van der Waals surface area contributed by atoms with Gasteiger partial charge in [0.2, 0.25) is 15.9 Å². The first-order valence-electron chi connectivity index (χ1n) is 10.2. The number of nitrogens with zero attached hydrogens (tertiary/aromatic N) is 1. The molecule has 0 unspecified atom stereocenters. The third kappa shape index (κ3) is 5.88. The van der Waals surface area contributed by atoms with Crippen LogP contribution in [0.1, 0.15) is 44.2 Å². The van der Waals surface area contributed by atoms with Gasteiger partial charge < -0.3 is 10.6 Å². The van der Waals surface area contributed by atoms with Crippen LogP contribution in [0.4, 0.5) is 5.69 Å². The summed E-state index contributed by atoms with van der Waals surface area (Å²) in [4.78, 5) is 12.5. The Morgan fingerprint density at radius 2 is 1.59 bits per heavy atom. The first kappa shape index (κ1) is 21.5. The molecule has 1 atom stereocenters. The van der Waals surface area contributed by atoms with E-state index in [-0.39, 0.29) is 23.4 Å². The second-order valence-electron chi connectivity index (χ2n) is 7.40. The Kier molecular flexibility index (Phi) is 7.41. The zero-order valence-electron chi connectivity index (χ0n) is 16.8. The van der Waals surface area contributed by atoms with Crippen LogP contribution >= 0.6 is 0 Å². The Hall–Kier alpha value is -2.22. The maximum atomic E-state index is 12.8. The van der Waals surface area contributed by atoms with Crippen molar-refractivity contribution in [3.63, 3.8) is 0 Å². The molecule has 0 spiro atoms. The summed E-state index contributed by atoms with van der Waals surface area (Å²) in [6, 6.07) is 16.4. The molecule has 0 bridgehead atoms. The lowest BCUT2D eigenvalue weighted by Crippen LogP contribution is -2.32. The zero-order valence-corrected chi connectivity index (χ0v) is 17.6. The van der Waals surface area contributed by atoms with Crippen molar-refractivity contribution in [2.24, 2.45) is 0 Å². The number of hydrogen-bond donors (Lipinski definition) is 2. The maximum absolute atomic E-state index is 12.8. The van der Waals surface area contributed by atoms with Crippen LogP contribution in [0.5, 0.6) is 0 Å². The first-order valence-corrected chi connectivity index (χ1v) is 11.6. The highest BCUT2D eigenvalue weighted by Crippen LogP contribution is 2.21. The van der Waals surface area contributed by atoms with Gasteiger partial charge >= 0.3 is 0 Å². The van der Waals surface area contributed by atoms with E-state index in [2.05, 4.69) is 10.6 Å².